The van der Waals surface area contributed by atoms with Crippen LogP contribution in [0.5, 0.6) is 5.75 Å². The Morgan fingerprint density at radius 1 is 0.947 bits per heavy atom. The van der Waals surface area contributed by atoms with Gasteiger partial charge in [-0.3, -0.25) is 0 Å². The monoisotopic (exact) mass is 255 g/mol. The predicted octanol–water partition coefficient (Wildman–Crippen LogP) is 3.46. The molecule has 0 radical (unpaired) electrons. The second kappa shape index (κ2) is 7.59. The van der Waals surface area contributed by atoms with Crippen molar-refractivity contribution in [3.05, 3.63) is 66.2 Å². The molecule has 0 bridgehead atoms. The molecule has 0 saturated carbocycles. The lowest BCUT2D eigenvalue weighted by Crippen LogP contribution is -2.25. The summed E-state index contributed by atoms with van der Waals surface area (Å²) < 4.78 is 5.63. The quantitative estimate of drug-likeness (QED) is 0.765. The van der Waals surface area contributed by atoms with Crippen LogP contribution in [0.25, 0.3) is 0 Å². The summed E-state index contributed by atoms with van der Waals surface area (Å²) in [6.07, 6.45) is 0. The number of nitrogens with one attached hydrogen (secondary N) is 1. The van der Waals surface area contributed by atoms with E-state index < -0.39 is 0 Å². The number of benzene rings is 2. The Kier molecular flexibility index (Phi) is 5.45. The summed E-state index contributed by atoms with van der Waals surface area (Å²) in [6, 6.07) is 20.5. The van der Waals surface area contributed by atoms with E-state index in [1.54, 1.807) is 0 Å². The Labute approximate surface area is 115 Å². The first-order chi connectivity index (χ1) is 9.36. The molecule has 0 fully saturated rings. The summed E-state index contributed by atoms with van der Waals surface area (Å²) in [5.41, 5.74) is 1.37. The van der Waals surface area contributed by atoms with Crippen molar-refractivity contribution >= 4 is 0 Å². The molecule has 1 unspecified atom stereocenters. The summed E-state index contributed by atoms with van der Waals surface area (Å²) in [5.74, 6) is 1.46. The molecule has 0 aliphatic heterocycles. The van der Waals surface area contributed by atoms with Gasteiger partial charge >= 0.3 is 0 Å². The smallest absolute Gasteiger partial charge is 0.119 e. The first-order valence-corrected chi connectivity index (χ1v) is 6.80. The van der Waals surface area contributed by atoms with E-state index in [4.69, 9.17) is 4.74 Å². The van der Waals surface area contributed by atoms with Crippen molar-refractivity contribution in [3.8, 4) is 5.75 Å². The summed E-state index contributed by atoms with van der Waals surface area (Å²) in [5, 5.41) is 3.43. The van der Waals surface area contributed by atoms with Crippen LogP contribution in [0, 0.1) is 0 Å². The molecule has 0 saturated heterocycles. The van der Waals surface area contributed by atoms with Crippen molar-refractivity contribution < 1.29 is 4.74 Å². The van der Waals surface area contributed by atoms with Crippen LogP contribution in [0.1, 0.15) is 18.4 Å². The van der Waals surface area contributed by atoms with Crippen molar-refractivity contribution in [1.82, 2.24) is 5.32 Å². The number of ether oxygens (including phenoxy) is 1. The van der Waals surface area contributed by atoms with Crippen LogP contribution in [-0.2, 0) is 0 Å². The Balaban J connectivity index is 1.62. The van der Waals surface area contributed by atoms with Crippen LogP contribution >= 0.6 is 0 Å². The number of para-hydroxylation sites is 1. The van der Waals surface area contributed by atoms with Crippen molar-refractivity contribution in [2.24, 2.45) is 0 Å². The van der Waals surface area contributed by atoms with Crippen molar-refractivity contribution in [2.75, 3.05) is 19.7 Å². The molecule has 0 heterocycles. The molecular weight excluding hydrogens is 234 g/mol. The average molecular weight is 255 g/mol. The van der Waals surface area contributed by atoms with Gasteiger partial charge in [-0.15, -0.1) is 0 Å². The van der Waals surface area contributed by atoms with E-state index >= 15 is 0 Å². The van der Waals surface area contributed by atoms with Crippen molar-refractivity contribution in [2.45, 2.75) is 12.8 Å². The minimum absolute atomic E-state index is 0.526. The second-order valence-corrected chi connectivity index (χ2v) is 4.68. The lowest BCUT2D eigenvalue weighted by atomic mass is 10.0. The van der Waals surface area contributed by atoms with Gasteiger partial charge in [-0.2, -0.15) is 0 Å². The van der Waals surface area contributed by atoms with Gasteiger partial charge < -0.3 is 10.1 Å². The average Bonchev–Trinajstić information content (AvgIpc) is 2.49. The molecule has 2 heteroatoms. The highest BCUT2D eigenvalue weighted by molar-refractivity contribution is 5.21. The highest BCUT2D eigenvalue weighted by Crippen LogP contribution is 2.12. The summed E-state index contributed by atoms with van der Waals surface area (Å²) in [4.78, 5) is 0. The molecule has 0 amide bonds. The molecule has 2 nitrogen and oxygen atoms in total. The van der Waals surface area contributed by atoms with Gasteiger partial charge in [0.15, 0.2) is 0 Å². The van der Waals surface area contributed by atoms with Crippen molar-refractivity contribution in [1.29, 1.82) is 0 Å². The molecule has 0 aliphatic rings. The highest BCUT2D eigenvalue weighted by Gasteiger charge is 2.03. The number of hydrogen-bond donors (Lipinski definition) is 1. The van der Waals surface area contributed by atoms with Gasteiger partial charge in [-0.25, -0.2) is 0 Å². The van der Waals surface area contributed by atoms with Crippen LogP contribution in [-0.4, -0.2) is 19.7 Å². The lowest BCUT2D eigenvalue weighted by Gasteiger charge is -2.13. The molecule has 0 aliphatic carbocycles. The van der Waals surface area contributed by atoms with E-state index in [1.165, 1.54) is 5.56 Å². The van der Waals surface area contributed by atoms with Gasteiger partial charge in [0.2, 0.25) is 0 Å². The SMILES string of the molecule is CC(CNCCOc1ccccc1)c1ccccc1. The number of hydrogen-bond acceptors (Lipinski definition) is 2. The van der Waals surface area contributed by atoms with Crippen molar-refractivity contribution in [3.63, 3.8) is 0 Å². The topological polar surface area (TPSA) is 21.3 Å². The minimum Gasteiger partial charge on any atom is -0.492 e. The van der Waals surface area contributed by atoms with E-state index in [0.29, 0.717) is 12.5 Å². The van der Waals surface area contributed by atoms with Gasteiger partial charge in [0, 0.05) is 13.1 Å². The standard InChI is InChI=1S/C17H21NO/c1-15(16-8-4-2-5-9-16)14-18-12-13-19-17-10-6-3-7-11-17/h2-11,15,18H,12-14H2,1H3. The Morgan fingerprint density at radius 3 is 2.26 bits per heavy atom. The molecule has 2 rings (SSSR count). The Morgan fingerprint density at radius 2 is 1.58 bits per heavy atom. The van der Waals surface area contributed by atoms with Crippen LogP contribution in [0.2, 0.25) is 0 Å². The van der Waals surface area contributed by atoms with E-state index in [-0.39, 0.29) is 0 Å². The van der Waals surface area contributed by atoms with Crippen LogP contribution in [0.3, 0.4) is 0 Å². The maximum absolute atomic E-state index is 5.63. The zero-order valence-electron chi connectivity index (χ0n) is 11.4. The molecule has 0 spiro atoms. The Hall–Kier alpha value is -1.80. The van der Waals surface area contributed by atoms with E-state index in [9.17, 15) is 0 Å². The fourth-order valence-electron chi connectivity index (χ4n) is 1.98. The van der Waals surface area contributed by atoms with Gasteiger partial charge in [0.05, 0.1) is 0 Å². The molecular formula is C17H21NO. The zero-order valence-corrected chi connectivity index (χ0v) is 11.4. The predicted molar refractivity (Wildman–Crippen MR) is 79.7 cm³/mol. The highest BCUT2D eigenvalue weighted by atomic mass is 16.5. The fraction of sp³-hybridized carbons (Fsp3) is 0.294. The van der Waals surface area contributed by atoms with Crippen LogP contribution in [0.4, 0.5) is 0 Å². The normalized spacial score (nSPS) is 12.1. The number of rotatable bonds is 7. The van der Waals surface area contributed by atoms with Crippen LogP contribution in [0.15, 0.2) is 60.7 Å². The van der Waals surface area contributed by atoms with Gasteiger partial charge in [0.25, 0.3) is 0 Å². The van der Waals surface area contributed by atoms with Gasteiger partial charge in [-0.05, 0) is 23.6 Å². The third kappa shape index (κ3) is 4.76. The maximum atomic E-state index is 5.63. The third-order valence-corrected chi connectivity index (χ3v) is 3.11. The molecule has 1 atom stereocenters. The molecule has 100 valence electrons. The summed E-state index contributed by atoms with van der Waals surface area (Å²) >= 11 is 0. The van der Waals surface area contributed by atoms with E-state index in [1.807, 2.05) is 30.3 Å². The van der Waals surface area contributed by atoms with E-state index in [2.05, 4.69) is 42.6 Å². The zero-order chi connectivity index (χ0) is 13.3. The molecule has 19 heavy (non-hydrogen) atoms. The van der Waals surface area contributed by atoms with E-state index in [0.717, 1.165) is 18.8 Å². The van der Waals surface area contributed by atoms with Gasteiger partial charge in [0.1, 0.15) is 12.4 Å². The van der Waals surface area contributed by atoms with Crippen LogP contribution < -0.4 is 10.1 Å². The fourth-order valence-corrected chi connectivity index (χ4v) is 1.98. The van der Waals surface area contributed by atoms with Gasteiger partial charge in [-0.1, -0.05) is 55.5 Å². The maximum Gasteiger partial charge on any atom is 0.119 e. The molecule has 1 N–H and O–H groups in total. The third-order valence-electron chi connectivity index (χ3n) is 3.11. The molecule has 0 aromatic heterocycles. The molecule has 2 aromatic rings. The largest absolute Gasteiger partial charge is 0.492 e. The Bertz CT molecular complexity index is 455. The second-order valence-electron chi connectivity index (χ2n) is 4.68. The first kappa shape index (κ1) is 13.6. The summed E-state index contributed by atoms with van der Waals surface area (Å²) in [6.45, 7) is 4.78. The molecule has 2 aromatic carbocycles. The lowest BCUT2D eigenvalue weighted by molar-refractivity contribution is 0.313. The first-order valence-electron chi connectivity index (χ1n) is 6.80. The minimum atomic E-state index is 0.526. The summed E-state index contributed by atoms with van der Waals surface area (Å²) in [7, 11) is 0.